The van der Waals surface area contributed by atoms with Crippen molar-refractivity contribution in [3.63, 3.8) is 0 Å². The molecule has 1 unspecified atom stereocenters. The highest BCUT2D eigenvalue weighted by Crippen LogP contribution is 2.69. The summed E-state index contributed by atoms with van der Waals surface area (Å²) >= 11 is 0. The van der Waals surface area contributed by atoms with Crippen molar-refractivity contribution in [2.45, 2.75) is 101 Å². The number of fused-ring (bicyclic) bond motifs is 2. The molecule has 6 atom stereocenters. The summed E-state index contributed by atoms with van der Waals surface area (Å²) in [7, 11) is 2.32. The summed E-state index contributed by atoms with van der Waals surface area (Å²) in [5.41, 5.74) is 4.89. The predicted molar refractivity (Wildman–Crippen MR) is 145 cm³/mol. The molecule has 5 aliphatic rings. The van der Waals surface area contributed by atoms with Crippen molar-refractivity contribution in [1.29, 1.82) is 0 Å². The van der Waals surface area contributed by atoms with Crippen molar-refractivity contribution < 1.29 is 4.74 Å². The third kappa shape index (κ3) is 3.02. The second kappa shape index (κ2) is 7.56. The fraction of sp³-hybridized carbons (Fsp3) is 0.576. The van der Waals surface area contributed by atoms with E-state index in [1.807, 2.05) is 0 Å². The minimum atomic E-state index is -0.0552. The summed E-state index contributed by atoms with van der Waals surface area (Å²) in [6.45, 7) is 7.26. The van der Waals surface area contributed by atoms with Crippen LogP contribution >= 0.6 is 0 Å². The van der Waals surface area contributed by atoms with E-state index in [2.05, 4.69) is 87.3 Å². The molecule has 2 heteroatoms. The van der Waals surface area contributed by atoms with Crippen molar-refractivity contribution in [2.24, 2.45) is 11.3 Å². The van der Waals surface area contributed by atoms with Gasteiger partial charge >= 0.3 is 0 Å². The SMILES string of the molecule is CC(C)N(C)[C@@H]1CCC2=CC3=CC[C@]4(C)[C@@H](c5ccc6ccccc6c5)CC[C@H]4[C@@]34CCC2(C1)O4. The van der Waals surface area contributed by atoms with Crippen LogP contribution in [0, 0.1) is 11.3 Å². The Hall–Kier alpha value is -1.90. The second-order valence-corrected chi connectivity index (χ2v) is 13.0. The Morgan fingerprint density at radius 2 is 1.83 bits per heavy atom. The van der Waals surface area contributed by atoms with Crippen LogP contribution in [0.1, 0.15) is 83.6 Å². The van der Waals surface area contributed by atoms with Gasteiger partial charge < -0.3 is 9.64 Å². The summed E-state index contributed by atoms with van der Waals surface area (Å²) in [4.78, 5) is 2.60. The minimum Gasteiger partial charge on any atom is -0.359 e. The van der Waals surface area contributed by atoms with Crippen molar-refractivity contribution in [3.8, 4) is 0 Å². The van der Waals surface area contributed by atoms with Crippen LogP contribution in [0.15, 0.2) is 65.8 Å². The molecule has 2 heterocycles. The lowest BCUT2D eigenvalue weighted by atomic mass is 9.58. The van der Waals surface area contributed by atoms with E-state index in [1.54, 1.807) is 5.57 Å². The average molecular weight is 468 g/mol. The van der Waals surface area contributed by atoms with Gasteiger partial charge in [0.1, 0.15) is 0 Å². The zero-order valence-corrected chi connectivity index (χ0v) is 22.0. The number of ether oxygens (including phenoxy) is 1. The molecule has 3 fully saturated rings. The topological polar surface area (TPSA) is 12.5 Å². The number of benzene rings is 2. The summed E-state index contributed by atoms with van der Waals surface area (Å²) in [5, 5.41) is 2.73. The molecule has 2 aromatic rings. The molecule has 0 N–H and O–H groups in total. The molecule has 1 saturated heterocycles. The molecule has 184 valence electrons. The van der Waals surface area contributed by atoms with Crippen molar-refractivity contribution in [2.75, 3.05) is 7.05 Å². The van der Waals surface area contributed by atoms with Gasteiger partial charge in [-0.15, -0.1) is 0 Å². The fourth-order valence-corrected chi connectivity index (χ4v) is 9.12. The quantitative estimate of drug-likeness (QED) is 0.457. The molecule has 2 spiro atoms. The van der Waals surface area contributed by atoms with Gasteiger partial charge in [0.15, 0.2) is 0 Å². The normalized spacial score (nSPS) is 39.9. The van der Waals surface area contributed by atoms with Gasteiger partial charge in [0.05, 0.1) is 11.2 Å². The van der Waals surface area contributed by atoms with Gasteiger partial charge in [-0.25, -0.2) is 0 Å². The first-order valence-corrected chi connectivity index (χ1v) is 14.2. The Morgan fingerprint density at radius 1 is 1.00 bits per heavy atom. The molecule has 35 heavy (non-hydrogen) atoms. The fourth-order valence-electron chi connectivity index (χ4n) is 9.12. The Balaban J connectivity index is 1.25. The van der Waals surface area contributed by atoms with Gasteiger partial charge in [0.25, 0.3) is 0 Å². The van der Waals surface area contributed by atoms with Crippen molar-refractivity contribution in [1.82, 2.24) is 4.90 Å². The van der Waals surface area contributed by atoms with Crippen LogP contribution in [0.3, 0.4) is 0 Å². The van der Waals surface area contributed by atoms with Gasteiger partial charge in [0, 0.05) is 12.1 Å². The highest BCUT2D eigenvalue weighted by atomic mass is 16.5. The zero-order chi connectivity index (χ0) is 24.0. The molecule has 0 aromatic heterocycles. The van der Waals surface area contributed by atoms with Gasteiger partial charge in [0.2, 0.25) is 0 Å². The van der Waals surface area contributed by atoms with Crippen molar-refractivity contribution in [3.05, 3.63) is 71.3 Å². The number of nitrogens with zero attached hydrogens (tertiary/aromatic N) is 1. The molecule has 7 rings (SSSR count). The van der Waals surface area contributed by atoms with E-state index in [9.17, 15) is 0 Å². The first-order valence-electron chi connectivity index (χ1n) is 14.2. The molecule has 2 bridgehead atoms. The first kappa shape index (κ1) is 22.3. The maximum atomic E-state index is 7.51. The summed E-state index contributed by atoms with van der Waals surface area (Å²) < 4.78 is 7.51. The number of allylic oxidation sites excluding steroid dienone is 1. The lowest BCUT2D eigenvalue weighted by Gasteiger charge is -2.55. The Morgan fingerprint density at radius 3 is 2.66 bits per heavy atom. The molecule has 0 radical (unpaired) electrons. The van der Waals surface area contributed by atoms with Crippen LogP contribution in [0.25, 0.3) is 10.8 Å². The number of hydrogen-bond acceptors (Lipinski definition) is 2. The molecule has 2 saturated carbocycles. The third-order valence-corrected chi connectivity index (χ3v) is 11.2. The van der Waals surface area contributed by atoms with Crippen molar-refractivity contribution >= 4 is 10.8 Å². The van der Waals surface area contributed by atoms with Gasteiger partial charge in [-0.2, -0.15) is 0 Å². The van der Waals surface area contributed by atoms with Crippen LogP contribution in [0.5, 0.6) is 0 Å². The van der Waals surface area contributed by atoms with Crippen LogP contribution < -0.4 is 0 Å². The Bertz CT molecular complexity index is 1240. The maximum absolute atomic E-state index is 7.51. The Kier molecular flexibility index (Phi) is 4.82. The Labute approximate surface area is 211 Å². The molecule has 2 nitrogen and oxygen atoms in total. The van der Waals surface area contributed by atoms with E-state index in [0.717, 1.165) is 0 Å². The van der Waals surface area contributed by atoms with E-state index >= 15 is 0 Å². The van der Waals surface area contributed by atoms with Gasteiger partial charge in [-0.05, 0) is 117 Å². The molecule has 0 amide bonds. The summed E-state index contributed by atoms with van der Waals surface area (Å²) in [6.07, 6.45) is 15.1. The standard InChI is InChI=1S/C33H41NO/c1-22(2)34(4)28-12-11-26-20-27-15-16-31(3)29(25-10-9-23-7-5-6-8-24(23)19-25)13-14-30(31)33(27)18-17-32(26,21-28)35-33/h5-10,15,19-20,22,28-30H,11-14,16-18,21H2,1-4H3/t28-,29-,30-,31-,32?,33-/m1/s1. The monoisotopic (exact) mass is 467 g/mol. The van der Waals surface area contributed by atoms with Crippen LogP contribution in [0.4, 0.5) is 0 Å². The lowest BCUT2D eigenvalue weighted by molar-refractivity contribution is -0.141. The number of rotatable bonds is 3. The molecule has 2 aliphatic heterocycles. The second-order valence-electron chi connectivity index (χ2n) is 13.0. The largest absolute Gasteiger partial charge is 0.359 e. The van der Waals surface area contributed by atoms with Crippen LogP contribution in [-0.2, 0) is 4.74 Å². The zero-order valence-electron chi connectivity index (χ0n) is 22.0. The maximum Gasteiger partial charge on any atom is 0.0974 e. The van der Waals surface area contributed by atoms with E-state index in [0.29, 0.717) is 23.9 Å². The smallest absolute Gasteiger partial charge is 0.0974 e. The van der Waals surface area contributed by atoms with Crippen LogP contribution in [-0.4, -0.2) is 35.2 Å². The van der Waals surface area contributed by atoms with E-state index < -0.39 is 0 Å². The lowest BCUT2D eigenvalue weighted by Crippen LogP contribution is -2.55. The highest BCUT2D eigenvalue weighted by Gasteiger charge is 2.66. The van der Waals surface area contributed by atoms with Crippen LogP contribution in [0.2, 0.25) is 0 Å². The molecular weight excluding hydrogens is 426 g/mol. The van der Waals surface area contributed by atoms with E-state index in [1.165, 1.54) is 73.3 Å². The van der Waals surface area contributed by atoms with E-state index in [4.69, 9.17) is 4.74 Å². The number of hydrogen-bond donors (Lipinski definition) is 0. The average Bonchev–Trinajstić information content (AvgIpc) is 3.38. The summed E-state index contributed by atoms with van der Waals surface area (Å²) in [6, 6.07) is 17.3. The van der Waals surface area contributed by atoms with Gasteiger partial charge in [-0.3, -0.25) is 0 Å². The molecular formula is C33H41NO. The first-order chi connectivity index (χ1) is 16.8. The molecule has 2 aromatic carbocycles. The third-order valence-electron chi connectivity index (χ3n) is 11.2. The van der Waals surface area contributed by atoms with Gasteiger partial charge in [-0.1, -0.05) is 61.5 Å². The highest BCUT2D eigenvalue weighted by molar-refractivity contribution is 5.83. The van der Waals surface area contributed by atoms with E-state index in [-0.39, 0.29) is 16.6 Å². The minimum absolute atomic E-state index is 0.0112. The molecule has 3 aliphatic carbocycles. The summed E-state index contributed by atoms with van der Waals surface area (Å²) in [5.74, 6) is 1.23. The predicted octanol–water partition coefficient (Wildman–Crippen LogP) is 7.79.